The molecule has 0 unspecified atom stereocenters. The predicted octanol–water partition coefficient (Wildman–Crippen LogP) is 5.57. The van der Waals surface area contributed by atoms with E-state index in [0.29, 0.717) is 19.8 Å². The predicted molar refractivity (Wildman–Crippen MR) is 95.1 cm³/mol. The summed E-state index contributed by atoms with van der Waals surface area (Å²) in [6.07, 6.45) is 14.0. The Balaban J connectivity index is 2.15. The van der Waals surface area contributed by atoms with Gasteiger partial charge in [0, 0.05) is 25.9 Å². The molecular weight excluding hydrogens is 292 g/mol. The second-order valence-electron chi connectivity index (χ2n) is 6.44. The van der Waals surface area contributed by atoms with Crippen molar-refractivity contribution in [3.05, 3.63) is 0 Å². The van der Waals surface area contributed by atoms with Crippen molar-refractivity contribution in [2.75, 3.05) is 19.8 Å². The van der Waals surface area contributed by atoms with E-state index in [9.17, 15) is 0 Å². The molecular formula is C18H38O3Si. The zero-order valence-electron chi connectivity index (χ0n) is 15.2. The molecule has 1 saturated carbocycles. The van der Waals surface area contributed by atoms with Gasteiger partial charge in [0.1, 0.15) is 0 Å². The molecule has 132 valence electrons. The Hall–Kier alpha value is 0.0969. The second kappa shape index (κ2) is 12.5. The largest absolute Gasteiger partial charge is 0.500 e. The van der Waals surface area contributed by atoms with Gasteiger partial charge in [-0.1, -0.05) is 57.8 Å². The van der Waals surface area contributed by atoms with Crippen LogP contribution in [0.3, 0.4) is 0 Å². The van der Waals surface area contributed by atoms with E-state index in [4.69, 9.17) is 13.3 Å². The van der Waals surface area contributed by atoms with Crippen LogP contribution in [0.25, 0.3) is 0 Å². The van der Waals surface area contributed by atoms with Crippen LogP contribution in [0.1, 0.15) is 85.0 Å². The van der Waals surface area contributed by atoms with E-state index in [0.717, 1.165) is 12.0 Å². The molecule has 0 saturated heterocycles. The molecule has 0 heterocycles. The summed E-state index contributed by atoms with van der Waals surface area (Å²) in [7, 11) is -2.39. The quantitative estimate of drug-likeness (QED) is 0.326. The van der Waals surface area contributed by atoms with E-state index < -0.39 is 8.80 Å². The topological polar surface area (TPSA) is 27.7 Å². The van der Waals surface area contributed by atoms with E-state index in [2.05, 4.69) is 0 Å². The molecule has 1 aliphatic carbocycles. The number of hydrogen-bond donors (Lipinski definition) is 0. The molecule has 0 atom stereocenters. The van der Waals surface area contributed by atoms with Crippen LogP contribution >= 0.6 is 0 Å². The normalized spacial score (nSPS) is 17.0. The highest BCUT2D eigenvalue weighted by Gasteiger charge is 2.39. The zero-order chi connectivity index (χ0) is 16.1. The molecule has 0 N–H and O–H groups in total. The van der Waals surface area contributed by atoms with E-state index in [1.54, 1.807) is 0 Å². The van der Waals surface area contributed by atoms with Gasteiger partial charge in [-0.3, -0.25) is 0 Å². The van der Waals surface area contributed by atoms with Gasteiger partial charge in [0.2, 0.25) is 0 Å². The minimum Gasteiger partial charge on any atom is -0.374 e. The van der Waals surface area contributed by atoms with E-state index in [1.165, 1.54) is 64.2 Å². The Morgan fingerprint density at radius 3 is 1.82 bits per heavy atom. The first-order chi connectivity index (χ1) is 10.8. The average Bonchev–Trinajstić information content (AvgIpc) is 2.52. The van der Waals surface area contributed by atoms with Gasteiger partial charge in [-0.05, 0) is 33.1 Å². The third-order valence-corrected chi connectivity index (χ3v) is 7.81. The van der Waals surface area contributed by atoms with Crippen LogP contribution in [-0.2, 0) is 13.3 Å². The molecule has 0 aromatic heterocycles. The number of hydrogen-bond acceptors (Lipinski definition) is 3. The SMILES string of the molecule is CCO[Si](CCCCCCC1CCCCC1)(OCC)OCC. The van der Waals surface area contributed by atoms with Gasteiger partial charge < -0.3 is 13.3 Å². The first kappa shape index (κ1) is 20.1. The average molecular weight is 331 g/mol. The highest BCUT2D eigenvalue weighted by Crippen LogP contribution is 2.28. The van der Waals surface area contributed by atoms with Crippen molar-refractivity contribution in [1.29, 1.82) is 0 Å². The van der Waals surface area contributed by atoms with Crippen molar-refractivity contribution >= 4 is 8.80 Å². The Morgan fingerprint density at radius 2 is 1.27 bits per heavy atom. The first-order valence-electron chi connectivity index (χ1n) is 9.68. The minimum atomic E-state index is -2.39. The molecule has 0 aromatic carbocycles. The molecule has 3 nitrogen and oxygen atoms in total. The fourth-order valence-electron chi connectivity index (χ4n) is 3.61. The molecule has 0 radical (unpaired) electrons. The lowest BCUT2D eigenvalue weighted by Crippen LogP contribution is -2.45. The van der Waals surface area contributed by atoms with Crippen molar-refractivity contribution < 1.29 is 13.3 Å². The Labute approximate surface area is 139 Å². The van der Waals surface area contributed by atoms with Gasteiger partial charge in [0.25, 0.3) is 0 Å². The molecule has 1 fully saturated rings. The molecule has 22 heavy (non-hydrogen) atoms. The second-order valence-corrected chi connectivity index (χ2v) is 9.17. The molecule has 1 rings (SSSR count). The van der Waals surface area contributed by atoms with Crippen LogP contribution < -0.4 is 0 Å². The van der Waals surface area contributed by atoms with Crippen molar-refractivity contribution in [3.8, 4) is 0 Å². The lowest BCUT2D eigenvalue weighted by atomic mass is 9.85. The molecule has 0 aromatic rings. The van der Waals surface area contributed by atoms with Crippen LogP contribution in [0.4, 0.5) is 0 Å². The maximum atomic E-state index is 5.91. The van der Waals surface area contributed by atoms with E-state index in [-0.39, 0.29) is 0 Å². The highest BCUT2D eigenvalue weighted by molar-refractivity contribution is 6.60. The molecule has 0 bridgehead atoms. The lowest BCUT2D eigenvalue weighted by Gasteiger charge is -2.28. The van der Waals surface area contributed by atoms with Gasteiger partial charge in [-0.25, -0.2) is 0 Å². The molecule has 1 aliphatic rings. The van der Waals surface area contributed by atoms with Crippen molar-refractivity contribution in [2.45, 2.75) is 91.0 Å². The summed E-state index contributed by atoms with van der Waals surface area (Å²) in [6, 6.07) is 0.978. The van der Waals surface area contributed by atoms with Crippen molar-refractivity contribution in [1.82, 2.24) is 0 Å². The van der Waals surface area contributed by atoms with Crippen LogP contribution in [0, 0.1) is 5.92 Å². The fourth-order valence-corrected chi connectivity index (χ4v) is 6.29. The van der Waals surface area contributed by atoms with E-state index in [1.807, 2.05) is 20.8 Å². The molecule has 0 spiro atoms. The van der Waals surface area contributed by atoms with Crippen LogP contribution in [-0.4, -0.2) is 28.6 Å². The monoisotopic (exact) mass is 330 g/mol. The van der Waals surface area contributed by atoms with Crippen molar-refractivity contribution in [2.24, 2.45) is 5.92 Å². The van der Waals surface area contributed by atoms with E-state index >= 15 is 0 Å². The maximum absolute atomic E-state index is 5.91. The standard InChI is InChI=1S/C18H38O3Si/c1-4-19-22(20-5-2,21-6-3)17-13-8-7-10-14-18-15-11-9-12-16-18/h18H,4-17H2,1-3H3. The van der Waals surface area contributed by atoms with Gasteiger partial charge in [-0.2, -0.15) is 0 Å². The summed E-state index contributed by atoms with van der Waals surface area (Å²) in [5, 5.41) is 0. The maximum Gasteiger partial charge on any atom is 0.500 e. The Bertz CT molecular complexity index is 238. The van der Waals surface area contributed by atoms with Crippen LogP contribution in [0.5, 0.6) is 0 Å². The summed E-state index contributed by atoms with van der Waals surface area (Å²) in [4.78, 5) is 0. The molecule has 4 heteroatoms. The van der Waals surface area contributed by atoms with Gasteiger partial charge in [-0.15, -0.1) is 0 Å². The minimum absolute atomic E-state index is 0.688. The number of unbranched alkanes of at least 4 members (excludes halogenated alkanes) is 3. The summed E-state index contributed by atoms with van der Waals surface area (Å²) in [5.74, 6) is 1.03. The van der Waals surface area contributed by atoms with Crippen molar-refractivity contribution in [3.63, 3.8) is 0 Å². The molecule has 0 aliphatic heterocycles. The highest BCUT2D eigenvalue weighted by atomic mass is 28.4. The summed E-state index contributed by atoms with van der Waals surface area (Å²) >= 11 is 0. The smallest absolute Gasteiger partial charge is 0.374 e. The first-order valence-corrected chi connectivity index (χ1v) is 11.6. The summed E-state index contributed by atoms with van der Waals surface area (Å²) in [6.45, 7) is 8.16. The third kappa shape index (κ3) is 8.09. The van der Waals surface area contributed by atoms with Gasteiger partial charge >= 0.3 is 8.80 Å². The van der Waals surface area contributed by atoms with Gasteiger partial charge in [0.05, 0.1) is 0 Å². The lowest BCUT2D eigenvalue weighted by molar-refractivity contribution is 0.0706. The summed E-state index contributed by atoms with van der Waals surface area (Å²) < 4.78 is 17.7. The zero-order valence-corrected chi connectivity index (χ0v) is 16.2. The van der Waals surface area contributed by atoms with Gasteiger partial charge in [0.15, 0.2) is 0 Å². The third-order valence-electron chi connectivity index (χ3n) is 4.66. The Kier molecular flexibility index (Phi) is 11.5. The molecule has 0 amide bonds. The van der Waals surface area contributed by atoms with Crippen LogP contribution in [0.2, 0.25) is 6.04 Å². The van der Waals surface area contributed by atoms with Crippen LogP contribution in [0.15, 0.2) is 0 Å². The Morgan fingerprint density at radius 1 is 0.727 bits per heavy atom. The fraction of sp³-hybridized carbons (Fsp3) is 1.00. The summed E-state index contributed by atoms with van der Waals surface area (Å²) in [5.41, 5.74) is 0. The number of rotatable bonds is 13.